The first-order valence-electron chi connectivity index (χ1n) is 13.3. The number of ether oxygens (including phenoxy) is 1. The van der Waals surface area contributed by atoms with Gasteiger partial charge in [0.05, 0.1) is 32.2 Å². The van der Waals surface area contributed by atoms with Crippen molar-refractivity contribution in [1.29, 1.82) is 0 Å². The van der Waals surface area contributed by atoms with E-state index in [9.17, 15) is 25.9 Å². The Balaban J connectivity index is 0.00000243. The van der Waals surface area contributed by atoms with Crippen molar-refractivity contribution in [2.24, 2.45) is 4.99 Å². The Morgan fingerprint density at radius 1 is 0.780 bits per heavy atom. The van der Waals surface area contributed by atoms with Gasteiger partial charge < -0.3 is 28.9 Å². The van der Waals surface area contributed by atoms with Gasteiger partial charge in [-0.2, -0.15) is 0 Å². The molecule has 2 aliphatic heterocycles. The Bertz CT molecular complexity index is 2590. The molecule has 0 spiro atoms. The molecular weight excluding hydrogens is 796 g/mol. The molecule has 1 aliphatic carbocycles. The van der Waals surface area contributed by atoms with Crippen LogP contribution in [0.5, 0.6) is 11.5 Å². The van der Waals surface area contributed by atoms with Crippen molar-refractivity contribution in [2.45, 2.75) is 9.79 Å². The van der Waals surface area contributed by atoms with Crippen molar-refractivity contribution < 1.29 is 94.2 Å². The monoisotopic (exact) mass is 808 g/mol. The number of nitrogens with one attached hydrogen (secondary N) is 2. The van der Waals surface area contributed by atoms with Crippen LogP contribution in [-0.2, 0) is 20.2 Å². The third-order valence-electron chi connectivity index (χ3n) is 7.04. The van der Waals surface area contributed by atoms with Crippen molar-refractivity contribution in [3.8, 4) is 23.0 Å². The van der Waals surface area contributed by atoms with Crippen LogP contribution in [0.15, 0.2) is 92.0 Å². The topological polar surface area (TPSA) is 186 Å². The first kappa shape index (κ1) is 39.1. The molecular formula is C30H14Cl4N4Na2O8S2. The van der Waals surface area contributed by atoms with Gasteiger partial charge in [0.1, 0.15) is 47.2 Å². The van der Waals surface area contributed by atoms with Crippen LogP contribution in [0, 0.1) is 0 Å². The molecule has 4 aromatic carbocycles. The smallest absolute Gasteiger partial charge is 0.744 e. The van der Waals surface area contributed by atoms with Crippen molar-refractivity contribution in [3.05, 3.63) is 98.2 Å². The van der Waals surface area contributed by atoms with Crippen molar-refractivity contribution in [1.82, 2.24) is 4.98 Å². The van der Waals surface area contributed by atoms with Crippen LogP contribution in [0.4, 0.5) is 28.4 Å². The average molecular weight is 810 g/mol. The minimum atomic E-state index is -5.04. The Morgan fingerprint density at radius 2 is 1.40 bits per heavy atom. The van der Waals surface area contributed by atoms with E-state index in [-0.39, 0.29) is 126 Å². The van der Waals surface area contributed by atoms with E-state index in [1.54, 1.807) is 24.3 Å². The van der Waals surface area contributed by atoms with Gasteiger partial charge in [0.25, 0.3) is 0 Å². The van der Waals surface area contributed by atoms with Gasteiger partial charge in [-0.3, -0.25) is 0 Å². The summed E-state index contributed by atoms with van der Waals surface area (Å²) in [5, 5.41) is 6.24. The Hall–Kier alpha value is -2.12. The van der Waals surface area contributed by atoms with Gasteiger partial charge >= 0.3 is 59.1 Å². The molecule has 2 heterocycles. The number of halogens is 4. The molecule has 0 radical (unpaired) electrons. The number of rotatable bonds is 5. The molecule has 2 N–H and O–H groups in total. The summed E-state index contributed by atoms with van der Waals surface area (Å²) in [6, 6.07) is 17.0. The van der Waals surface area contributed by atoms with Crippen LogP contribution < -0.4 is 79.8 Å². The van der Waals surface area contributed by atoms with E-state index < -0.39 is 30.0 Å². The number of hydrogen-bond donors (Lipinski definition) is 2. The number of fused-ring (bicyclic) bond motifs is 4. The van der Waals surface area contributed by atoms with Crippen LogP contribution in [0.3, 0.4) is 0 Å². The number of anilines is 4. The molecule has 0 amide bonds. The van der Waals surface area contributed by atoms with Crippen LogP contribution in [-0.4, -0.2) is 30.9 Å². The normalized spacial score (nSPS) is 12.6. The Morgan fingerprint density at radius 3 is 2.02 bits per heavy atom. The van der Waals surface area contributed by atoms with E-state index >= 15 is 0 Å². The summed E-state index contributed by atoms with van der Waals surface area (Å²) in [5.41, 5.74) is 0.593. The number of nitrogens with zero attached hydrogens (tertiary/aromatic N) is 2. The molecule has 0 bridgehead atoms. The zero-order chi connectivity index (χ0) is 34.1. The first-order chi connectivity index (χ1) is 22.7. The van der Waals surface area contributed by atoms with E-state index in [4.69, 9.17) is 55.6 Å². The van der Waals surface area contributed by atoms with E-state index in [0.29, 0.717) is 21.4 Å². The molecule has 0 saturated heterocycles. The van der Waals surface area contributed by atoms with Crippen molar-refractivity contribution >= 4 is 106 Å². The molecule has 0 saturated carbocycles. The molecule has 0 fully saturated rings. The third-order valence-corrected chi connectivity index (χ3v) is 10.0. The van der Waals surface area contributed by atoms with Crippen LogP contribution in [0.25, 0.3) is 22.6 Å². The summed E-state index contributed by atoms with van der Waals surface area (Å²) in [7, 11) is -10.0. The molecule has 20 heteroatoms. The van der Waals surface area contributed by atoms with E-state index in [1.165, 1.54) is 36.4 Å². The SMILES string of the molecule is O=S(=O)([O-])c1cc2c(cc1Nc1ccc(Cl)cc1)Oc1c(c(Cl)c3oc4cc(=Nc5ccc(Cl)cc5)c(S(=O)(=O)[O-])cc-4nc3c1Cl)N2.[Na+].[Na+]. The van der Waals surface area contributed by atoms with Gasteiger partial charge in [-0.25, -0.2) is 26.8 Å². The third kappa shape index (κ3) is 7.65. The summed E-state index contributed by atoms with van der Waals surface area (Å²) in [6.07, 6.45) is 0. The van der Waals surface area contributed by atoms with Gasteiger partial charge in [0.2, 0.25) is 0 Å². The van der Waals surface area contributed by atoms with Crippen LogP contribution >= 0.6 is 46.4 Å². The fourth-order valence-corrected chi connectivity index (χ4v) is 6.93. The summed E-state index contributed by atoms with van der Waals surface area (Å²) in [5.74, 6) is 0.0230. The predicted octanol–water partition coefficient (Wildman–Crippen LogP) is 2.19. The second kappa shape index (κ2) is 14.7. The first-order valence-corrected chi connectivity index (χ1v) is 17.7. The maximum absolute atomic E-state index is 12.3. The van der Waals surface area contributed by atoms with E-state index in [2.05, 4.69) is 20.6 Å². The zero-order valence-electron chi connectivity index (χ0n) is 25.4. The van der Waals surface area contributed by atoms with Gasteiger partial charge in [-0.1, -0.05) is 46.4 Å². The quantitative estimate of drug-likeness (QED) is 0.148. The molecule has 12 nitrogen and oxygen atoms in total. The van der Waals surface area contributed by atoms with E-state index in [0.717, 1.165) is 12.1 Å². The number of aromatic nitrogens is 1. The van der Waals surface area contributed by atoms with E-state index in [1.807, 2.05) is 0 Å². The molecule has 0 unspecified atom stereocenters. The molecule has 7 rings (SSSR count). The second-order valence-corrected chi connectivity index (χ2v) is 14.5. The minimum absolute atomic E-state index is 0. The number of hydrogen-bond acceptors (Lipinski definition) is 12. The molecule has 244 valence electrons. The van der Waals surface area contributed by atoms with Crippen LogP contribution in [0.1, 0.15) is 0 Å². The fraction of sp³-hybridized carbons (Fsp3) is 0. The Labute approximate surface area is 348 Å². The predicted molar refractivity (Wildman–Crippen MR) is 178 cm³/mol. The molecule has 0 atom stereocenters. The van der Waals surface area contributed by atoms with Crippen LogP contribution in [0.2, 0.25) is 20.1 Å². The van der Waals surface area contributed by atoms with Crippen molar-refractivity contribution in [2.75, 3.05) is 10.6 Å². The standard InChI is InChI=1S/C30H16Cl4N4O8S2.2Na/c31-13-1-5-15(6-2-13)35-19-9-21-17(11-23(19)47(39,40)41)37-27-26(34)30-28(25(33)29(27)45-21)38-18-12-24(48(42,43)44)20(10-22(18)46-30)36-16-7-3-14(32)4-8-16;;/h1-12,35,37H,(H,39,40,41)(H,42,43,44);;/q;2*+1/p-2. The second-order valence-electron chi connectivity index (χ2n) is 10.2. The minimum Gasteiger partial charge on any atom is -0.744 e. The summed E-state index contributed by atoms with van der Waals surface area (Å²) >= 11 is 25.4. The summed E-state index contributed by atoms with van der Waals surface area (Å²) < 4.78 is 85.6. The summed E-state index contributed by atoms with van der Waals surface area (Å²) in [6.45, 7) is 0. The largest absolute Gasteiger partial charge is 1.00 e. The molecule has 3 aliphatic rings. The molecule has 50 heavy (non-hydrogen) atoms. The van der Waals surface area contributed by atoms with Gasteiger partial charge in [-0.05, 0) is 60.7 Å². The maximum Gasteiger partial charge on any atom is 1.00 e. The zero-order valence-corrected chi connectivity index (χ0v) is 34.1. The Kier molecular flexibility index (Phi) is 11.5. The van der Waals surface area contributed by atoms with Gasteiger partial charge in [0.15, 0.2) is 22.8 Å². The maximum atomic E-state index is 12.3. The van der Waals surface area contributed by atoms with Gasteiger partial charge in [0, 0.05) is 27.9 Å². The summed E-state index contributed by atoms with van der Waals surface area (Å²) in [4.78, 5) is 7.47. The number of benzene rings is 5. The molecule has 0 aromatic heterocycles. The van der Waals surface area contributed by atoms with Gasteiger partial charge in [-0.15, -0.1) is 0 Å². The fourth-order valence-electron chi connectivity index (χ4n) is 4.89. The average Bonchev–Trinajstić information content (AvgIpc) is 3.03. The van der Waals surface area contributed by atoms with Crippen molar-refractivity contribution in [3.63, 3.8) is 0 Å². The molecule has 4 aromatic rings.